The fourth-order valence-electron chi connectivity index (χ4n) is 2.15. The number of piperidine rings is 1. The number of carboxylic acids is 1. The molecule has 0 saturated carbocycles. The number of sulfonamides is 1. The van der Waals surface area contributed by atoms with Crippen molar-refractivity contribution in [3.05, 3.63) is 23.2 Å². The quantitative estimate of drug-likeness (QED) is 0.790. The fourth-order valence-corrected chi connectivity index (χ4v) is 3.99. The minimum absolute atomic E-state index is 0.0503. The summed E-state index contributed by atoms with van der Waals surface area (Å²) in [6.07, 6.45) is 2.72. The van der Waals surface area contributed by atoms with E-state index in [1.165, 1.54) is 22.5 Å². The first-order chi connectivity index (χ1) is 9.91. The van der Waals surface area contributed by atoms with Crippen LogP contribution >= 0.6 is 11.6 Å². The Hall–Kier alpha value is -1.31. The molecule has 0 aromatic heterocycles. The number of ether oxygens (including phenoxy) is 1. The number of hydrogen-bond acceptors (Lipinski definition) is 5. The van der Waals surface area contributed by atoms with Gasteiger partial charge in [-0.3, -0.25) is 0 Å². The molecule has 1 aromatic rings. The zero-order chi connectivity index (χ0) is 15.5. The summed E-state index contributed by atoms with van der Waals surface area (Å²) < 4.78 is 31.2. The molecule has 0 N–H and O–H groups in total. The van der Waals surface area contributed by atoms with E-state index in [0.717, 1.165) is 19.3 Å². The van der Waals surface area contributed by atoms with Gasteiger partial charge in [0.25, 0.3) is 0 Å². The maximum absolute atomic E-state index is 12.4. The summed E-state index contributed by atoms with van der Waals surface area (Å²) in [6, 6.07) is 3.98. The molecule has 1 aliphatic heterocycles. The molecule has 1 saturated heterocycles. The summed E-state index contributed by atoms with van der Waals surface area (Å²) in [6.45, 7) is 0.365. The van der Waals surface area contributed by atoms with Crippen molar-refractivity contribution >= 4 is 27.6 Å². The van der Waals surface area contributed by atoms with E-state index < -0.39 is 22.6 Å². The highest BCUT2D eigenvalue weighted by molar-refractivity contribution is 7.89. The number of carboxylic acid groups (broad SMARTS) is 1. The summed E-state index contributed by atoms with van der Waals surface area (Å²) in [5.41, 5.74) is 0. The van der Waals surface area contributed by atoms with Crippen LogP contribution in [-0.4, -0.2) is 38.4 Å². The van der Waals surface area contributed by atoms with Crippen LogP contribution in [0.1, 0.15) is 19.3 Å². The van der Waals surface area contributed by atoms with Crippen molar-refractivity contribution in [2.45, 2.75) is 24.2 Å². The molecule has 0 spiro atoms. The van der Waals surface area contributed by atoms with Crippen molar-refractivity contribution in [2.75, 3.05) is 19.7 Å². The second-order valence-electron chi connectivity index (χ2n) is 4.72. The largest absolute Gasteiger partial charge is 0.546 e. The van der Waals surface area contributed by atoms with Gasteiger partial charge in [-0.2, -0.15) is 4.31 Å². The standard InChI is InChI=1S/C13H16ClNO5S/c14-11-8-10(4-5-12(11)20-9-13(16)17)21(18,19)15-6-2-1-3-7-15/h4-5,8H,1-3,6-7,9H2,(H,16,17)/p-1. The van der Waals surface area contributed by atoms with Gasteiger partial charge in [0.2, 0.25) is 10.0 Å². The lowest BCUT2D eigenvalue weighted by molar-refractivity contribution is -0.307. The van der Waals surface area contributed by atoms with E-state index in [-0.39, 0.29) is 15.7 Å². The number of nitrogens with zero attached hydrogens (tertiary/aromatic N) is 1. The van der Waals surface area contributed by atoms with Crippen LogP contribution in [-0.2, 0) is 14.8 Å². The van der Waals surface area contributed by atoms with E-state index >= 15 is 0 Å². The molecule has 0 aliphatic carbocycles. The van der Waals surface area contributed by atoms with Crippen molar-refractivity contribution in [3.8, 4) is 5.75 Å². The lowest BCUT2D eigenvalue weighted by atomic mass is 10.2. The Morgan fingerprint density at radius 1 is 1.29 bits per heavy atom. The number of carbonyl (C=O) groups is 1. The maximum Gasteiger partial charge on any atom is 0.243 e. The monoisotopic (exact) mass is 332 g/mol. The van der Waals surface area contributed by atoms with Crippen LogP contribution in [0.5, 0.6) is 5.75 Å². The summed E-state index contributed by atoms with van der Waals surface area (Å²) in [4.78, 5) is 10.4. The molecule has 0 bridgehead atoms. The minimum atomic E-state index is -3.57. The van der Waals surface area contributed by atoms with Gasteiger partial charge in [-0.25, -0.2) is 8.42 Å². The van der Waals surface area contributed by atoms with Crippen LogP contribution in [0.2, 0.25) is 5.02 Å². The second kappa shape index (κ2) is 6.64. The third kappa shape index (κ3) is 3.87. The first kappa shape index (κ1) is 16.1. The summed E-state index contributed by atoms with van der Waals surface area (Å²) in [7, 11) is -3.57. The molecule has 8 heteroatoms. The molecule has 0 atom stereocenters. The zero-order valence-electron chi connectivity index (χ0n) is 11.2. The Kier molecular flexibility index (Phi) is 5.08. The van der Waals surface area contributed by atoms with Crippen LogP contribution in [0.3, 0.4) is 0 Å². The Bertz CT molecular complexity index is 625. The van der Waals surface area contributed by atoms with Crippen molar-refractivity contribution in [1.82, 2.24) is 4.31 Å². The molecule has 0 amide bonds. The molecule has 2 rings (SSSR count). The molecule has 0 unspecified atom stereocenters. The van der Waals surface area contributed by atoms with Gasteiger partial charge in [-0.05, 0) is 31.0 Å². The first-order valence-electron chi connectivity index (χ1n) is 6.53. The lowest BCUT2D eigenvalue weighted by Gasteiger charge is -2.26. The molecule has 1 aliphatic rings. The van der Waals surface area contributed by atoms with E-state index in [0.29, 0.717) is 13.1 Å². The van der Waals surface area contributed by atoms with Gasteiger partial charge in [0.1, 0.15) is 12.4 Å². The highest BCUT2D eigenvalue weighted by Gasteiger charge is 2.26. The van der Waals surface area contributed by atoms with Gasteiger partial charge < -0.3 is 14.6 Å². The second-order valence-corrected chi connectivity index (χ2v) is 7.06. The SMILES string of the molecule is O=C([O-])COc1ccc(S(=O)(=O)N2CCCCC2)cc1Cl. The average molecular weight is 333 g/mol. The van der Waals surface area contributed by atoms with E-state index in [1.807, 2.05) is 0 Å². The summed E-state index contributed by atoms with van der Waals surface area (Å²) in [5.74, 6) is -1.27. The van der Waals surface area contributed by atoms with Crippen LogP contribution in [0, 0.1) is 0 Å². The summed E-state index contributed by atoms with van der Waals surface area (Å²) in [5, 5.41) is 10.4. The lowest BCUT2D eigenvalue weighted by Crippen LogP contribution is -2.35. The van der Waals surface area contributed by atoms with Gasteiger partial charge in [-0.15, -0.1) is 0 Å². The van der Waals surface area contributed by atoms with Crippen LogP contribution < -0.4 is 9.84 Å². The van der Waals surface area contributed by atoms with Gasteiger partial charge in [0, 0.05) is 13.1 Å². The van der Waals surface area contributed by atoms with Gasteiger partial charge in [0.15, 0.2) is 0 Å². The predicted molar refractivity (Wildman–Crippen MR) is 74.6 cm³/mol. The third-order valence-electron chi connectivity index (χ3n) is 3.20. The number of hydrogen-bond donors (Lipinski definition) is 0. The minimum Gasteiger partial charge on any atom is -0.546 e. The number of aliphatic carboxylic acids is 1. The number of benzene rings is 1. The fraction of sp³-hybridized carbons (Fsp3) is 0.462. The smallest absolute Gasteiger partial charge is 0.243 e. The van der Waals surface area contributed by atoms with Crippen LogP contribution in [0.25, 0.3) is 0 Å². The Morgan fingerprint density at radius 3 is 2.52 bits per heavy atom. The predicted octanol–water partition coefficient (Wildman–Crippen LogP) is 0.643. The van der Waals surface area contributed by atoms with Gasteiger partial charge in [-0.1, -0.05) is 18.0 Å². The highest BCUT2D eigenvalue weighted by Crippen LogP contribution is 2.29. The van der Waals surface area contributed by atoms with Crippen molar-refractivity contribution in [2.24, 2.45) is 0 Å². The topological polar surface area (TPSA) is 86.7 Å². The van der Waals surface area contributed by atoms with Crippen molar-refractivity contribution in [1.29, 1.82) is 0 Å². The molecular formula is C13H15ClNO5S-. The van der Waals surface area contributed by atoms with Crippen molar-refractivity contribution in [3.63, 3.8) is 0 Å². The number of halogens is 1. The van der Waals surface area contributed by atoms with Gasteiger partial charge >= 0.3 is 0 Å². The van der Waals surface area contributed by atoms with Crippen LogP contribution in [0.15, 0.2) is 23.1 Å². The van der Waals surface area contributed by atoms with Gasteiger partial charge in [0.05, 0.1) is 15.9 Å². The van der Waals surface area contributed by atoms with Crippen LogP contribution in [0.4, 0.5) is 0 Å². The molecule has 116 valence electrons. The Balaban J connectivity index is 2.20. The number of rotatable bonds is 5. The molecule has 6 nitrogen and oxygen atoms in total. The molecule has 1 heterocycles. The normalized spacial score (nSPS) is 16.6. The van der Waals surface area contributed by atoms with E-state index in [4.69, 9.17) is 16.3 Å². The molecular weight excluding hydrogens is 318 g/mol. The summed E-state index contributed by atoms with van der Waals surface area (Å²) >= 11 is 5.94. The molecule has 0 radical (unpaired) electrons. The Morgan fingerprint density at radius 2 is 1.95 bits per heavy atom. The molecule has 21 heavy (non-hydrogen) atoms. The van der Waals surface area contributed by atoms with Crippen molar-refractivity contribution < 1.29 is 23.1 Å². The van der Waals surface area contributed by atoms with E-state index in [1.54, 1.807) is 0 Å². The van der Waals surface area contributed by atoms with E-state index in [2.05, 4.69) is 0 Å². The average Bonchev–Trinajstić information content (AvgIpc) is 2.46. The highest BCUT2D eigenvalue weighted by atomic mass is 35.5. The first-order valence-corrected chi connectivity index (χ1v) is 8.35. The third-order valence-corrected chi connectivity index (χ3v) is 5.39. The zero-order valence-corrected chi connectivity index (χ0v) is 12.8. The number of carbonyl (C=O) groups excluding carboxylic acids is 1. The maximum atomic E-state index is 12.4. The molecule has 1 aromatic carbocycles. The van der Waals surface area contributed by atoms with E-state index in [9.17, 15) is 18.3 Å². The molecule has 1 fully saturated rings. The Labute approximate surface area is 128 Å².